The predicted octanol–water partition coefficient (Wildman–Crippen LogP) is 1.25. The summed E-state index contributed by atoms with van der Waals surface area (Å²) in [5.41, 5.74) is 1.17. The van der Waals surface area contributed by atoms with E-state index in [9.17, 15) is 14.7 Å². The van der Waals surface area contributed by atoms with E-state index in [-0.39, 0.29) is 30.4 Å². The number of aromatic amines is 1. The van der Waals surface area contributed by atoms with Crippen molar-refractivity contribution in [2.24, 2.45) is 0 Å². The van der Waals surface area contributed by atoms with E-state index in [0.29, 0.717) is 11.2 Å². The topological polar surface area (TPSA) is 114 Å². The number of pyridine rings is 1. The summed E-state index contributed by atoms with van der Waals surface area (Å²) in [7, 11) is 0. The van der Waals surface area contributed by atoms with Crippen LogP contribution in [-0.2, 0) is 19.1 Å². The number of aromatic nitrogens is 2. The van der Waals surface area contributed by atoms with E-state index in [1.54, 1.807) is 38.4 Å². The Bertz CT molecular complexity index is 912. The van der Waals surface area contributed by atoms with E-state index in [2.05, 4.69) is 15.3 Å². The van der Waals surface area contributed by atoms with Crippen LogP contribution in [0.15, 0.2) is 41.7 Å². The van der Waals surface area contributed by atoms with Crippen LogP contribution >= 0.6 is 0 Å². The first kappa shape index (κ1) is 17.7. The van der Waals surface area contributed by atoms with Gasteiger partial charge in [0.15, 0.2) is 11.3 Å². The van der Waals surface area contributed by atoms with Crippen LogP contribution in [0.5, 0.6) is 0 Å². The van der Waals surface area contributed by atoms with Gasteiger partial charge in [0.2, 0.25) is 11.7 Å². The Kier molecular flexibility index (Phi) is 5.04. The molecule has 3 N–H and O–H groups in total. The molecule has 0 spiro atoms. The number of carbonyl (C=O) groups is 2. The molecule has 0 radical (unpaired) electrons. The summed E-state index contributed by atoms with van der Waals surface area (Å²) in [6.07, 6.45) is 4.90. The zero-order valence-electron chi connectivity index (χ0n) is 14.4. The summed E-state index contributed by atoms with van der Waals surface area (Å²) in [6, 6.07) is 3.24. The third-order valence-electron chi connectivity index (χ3n) is 3.79. The van der Waals surface area contributed by atoms with Crippen molar-refractivity contribution >= 4 is 28.9 Å². The number of aliphatic hydroxyl groups excluding tert-OH is 1. The lowest BCUT2D eigenvalue weighted by Crippen LogP contribution is -2.30. The van der Waals surface area contributed by atoms with E-state index < -0.39 is 17.8 Å². The molecule has 1 aliphatic heterocycles. The monoisotopic (exact) mass is 357 g/mol. The highest BCUT2D eigenvalue weighted by Gasteiger charge is 2.37. The average Bonchev–Trinajstić information content (AvgIpc) is 3.17. The first-order chi connectivity index (χ1) is 12.5. The molecular weight excluding hydrogens is 338 g/mol. The molecule has 1 atom stereocenters. The molecule has 0 aromatic carbocycles. The maximum Gasteiger partial charge on any atom is 0.347 e. The van der Waals surface area contributed by atoms with Gasteiger partial charge in [-0.1, -0.05) is 0 Å². The number of nitrogens with zero attached hydrogens (tertiary/aromatic N) is 1. The number of ketones is 1. The molecule has 3 rings (SSSR count). The van der Waals surface area contributed by atoms with E-state index >= 15 is 0 Å². The van der Waals surface area contributed by atoms with Gasteiger partial charge in [-0.15, -0.1) is 0 Å². The van der Waals surface area contributed by atoms with Gasteiger partial charge in [-0.25, -0.2) is 9.78 Å². The largest absolute Gasteiger partial charge is 0.462 e. The second-order valence-corrected chi connectivity index (χ2v) is 5.74. The van der Waals surface area contributed by atoms with Crippen molar-refractivity contribution in [2.45, 2.75) is 19.9 Å². The molecule has 1 aliphatic rings. The molecule has 8 nitrogen and oxygen atoms in total. The number of aliphatic hydroxyl groups is 1. The van der Waals surface area contributed by atoms with Crippen LogP contribution in [0.2, 0.25) is 0 Å². The van der Waals surface area contributed by atoms with Gasteiger partial charge in [0.05, 0.1) is 13.2 Å². The van der Waals surface area contributed by atoms with Gasteiger partial charge in [0.1, 0.15) is 5.65 Å². The number of allylic oxidation sites excluding steroid dienone is 1. The van der Waals surface area contributed by atoms with E-state index in [0.717, 1.165) is 5.39 Å². The first-order valence-corrected chi connectivity index (χ1v) is 8.20. The molecule has 2 aromatic heterocycles. The maximum absolute atomic E-state index is 12.7. The molecule has 1 unspecified atom stereocenters. The summed E-state index contributed by atoms with van der Waals surface area (Å²) in [5, 5.41) is 12.9. The Morgan fingerprint density at radius 1 is 1.54 bits per heavy atom. The third kappa shape index (κ3) is 3.31. The minimum absolute atomic E-state index is 0.00885. The van der Waals surface area contributed by atoms with Crippen LogP contribution in [0.4, 0.5) is 0 Å². The van der Waals surface area contributed by atoms with Crippen molar-refractivity contribution in [3.05, 3.63) is 47.3 Å². The number of Topliss-reactive ketones (excluding diaryl/α,β-unsaturated/α-hetero) is 1. The van der Waals surface area contributed by atoms with Crippen LogP contribution in [-0.4, -0.2) is 46.1 Å². The lowest BCUT2D eigenvalue weighted by molar-refractivity contribution is -0.139. The molecular formula is C18H19N3O5. The van der Waals surface area contributed by atoms with Crippen LogP contribution in [0.25, 0.3) is 17.1 Å². The molecule has 0 bridgehead atoms. The van der Waals surface area contributed by atoms with Crippen molar-refractivity contribution in [2.75, 3.05) is 13.2 Å². The van der Waals surface area contributed by atoms with Gasteiger partial charge < -0.3 is 24.9 Å². The molecule has 136 valence electrons. The van der Waals surface area contributed by atoms with Gasteiger partial charge in [-0.05, 0) is 32.1 Å². The summed E-state index contributed by atoms with van der Waals surface area (Å²) >= 11 is 0. The number of ether oxygens (including phenoxy) is 2. The van der Waals surface area contributed by atoms with Crippen molar-refractivity contribution in [1.29, 1.82) is 0 Å². The number of nitrogens with one attached hydrogen (secondary N) is 2. The SMILES string of the molecule is CCOC(=O)C1=C(NC(C)CO)O/C(=C\c2c[nH]c3ncccc23)C1=O. The normalized spacial score (nSPS) is 16.9. The molecule has 0 saturated heterocycles. The number of rotatable bonds is 6. The van der Waals surface area contributed by atoms with Crippen LogP contribution in [0, 0.1) is 0 Å². The second-order valence-electron chi connectivity index (χ2n) is 5.74. The molecule has 3 heterocycles. The van der Waals surface area contributed by atoms with Gasteiger partial charge in [-0.3, -0.25) is 4.79 Å². The number of carbonyl (C=O) groups excluding carboxylic acids is 2. The lowest BCUT2D eigenvalue weighted by atomic mass is 10.1. The number of hydrogen-bond acceptors (Lipinski definition) is 7. The van der Waals surface area contributed by atoms with Gasteiger partial charge in [0.25, 0.3) is 0 Å². The fourth-order valence-corrected chi connectivity index (χ4v) is 2.53. The third-order valence-corrected chi connectivity index (χ3v) is 3.79. The number of fused-ring (bicyclic) bond motifs is 1. The zero-order valence-corrected chi connectivity index (χ0v) is 14.4. The Hall–Kier alpha value is -3.13. The molecule has 8 heteroatoms. The standard InChI is InChI=1S/C18H19N3O5/c1-3-25-18(24)14-15(23)13(26-17(14)21-10(2)9-22)7-11-8-20-16-12(11)5-4-6-19-16/h4-8,10,21-22H,3,9H2,1-2H3,(H,19,20)/b13-7-. The highest BCUT2D eigenvalue weighted by atomic mass is 16.5. The Morgan fingerprint density at radius 3 is 3.08 bits per heavy atom. The van der Waals surface area contributed by atoms with Gasteiger partial charge >= 0.3 is 5.97 Å². The molecule has 0 aliphatic carbocycles. The maximum atomic E-state index is 12.7. The highest BCUT2D eigenvalue weighted by Crippen LogP contribution is 2.28. The van der Waals surface area contributed by atoms with E-state index in [1.807, 2.05) is 6.07 Å². The summed E-state index contributed by atoms with van der Waals surface area (Å²) in [4.78, 5) is 32.1. The molecule has 2 aromatic rings. The number of H-pyrrole nitrogens is 1. The molecule has 26 heavy (non-hydrogen) atoms. The summed E-state index contributed by atoms with van der Waals surface area (Å²) in [5.74, 6) is -1.37. The van der Waals surface area contributed by atoms with E-state index in [1.165, 1.54) is 0 Å². The fourth-order valence-electron chi connectivity index (χ4n) is 2.53. The smallest absolute Gasteiger partial charge is 0.347 e. The van der Waals surface area contributed by atoms with Crippen molar-refractivity contribution < 1.29 is 24.2 Å². The minimum atomic E-state index is -0.769. The van der Waals surface area contributed by atoms with Gasteiger partial charge in [-0.2, -0.15) is 0 Å². The number of esters is 1. The molecule has 0 saturated carbocycles. The Balaban J connectivity index is 1.96. The number of hydrogen-bond donors (Lipinski definition) is 3. The van der Waals surface area contributed by atoms with Crippen molar-refractivity contribution in [3.8, 4) is 0 Å². The highest BCUT2D eigenvalue weighted by molar-refractivity contribution is 6.26. The zero-order chi connectivity index (χ0) is 18.7. The summed E-state index contributed by atoms with van der Waals surface area (Å²) in [6.45, 7) is 3.28. The average molecular weight is 357 g/mol. The Labute approximate surface area is 149 Å². The predicted molar refractivity (Wildman–Crippen MR) is 93.5 cm³/mol. The first-order valence-electron chi connectivity index (χ1n) is 8.20. The van der Waals surface area contributed by atoms with Crippen LogP contribution in [0.1, 0.15) is 19.4 Å². The van der Waals surface area contributed by atoms with Crippen molar-refractivity contribution in [3.63, 3.8) is 0 Å². The van der Waals surface area contributed by atoms with Crippen molar-refractivity contribution in [1.82, 2.24) is 15.3 Å². The van der Waals surface area contributed by atoms with Gasteiger partial charge in [0, 0.05) is 29.4 Å². The molecule has 0 fully saturated rings. The molecule has 0 amide bonds. The van der Waals surface area contributed by atoms with Crippen LogP contribution < -0.4 is 5.32 Å². The quantitative estimate of drug-likeness (QED) is 0.405. The summed E-state index contributed by atoms with van der Waals surface area (Å²) < 4.78 is 10.5. The Morgan fingerprint density at radius 2 is 2.35 bits per heavy atom. The fraction of sp³-hybridized carbons (Fsp3) is 0.278. The lowest BCUT2D eigenvalue weighted by Gasteiger charge is -2.13. The van der Waals surface area contributed by atoms with Crippen LogP contribution in [0.3, 0.4) is 0 Å². The minimum Gasteiger partial charge on any atom is -0.462 e. The van der Waals surface area contributed by atoms with E-state index in [4.69, 9.17) is 9.47 Å². The second kappa shape index (κ2) is 7.40.